The van der Waals surface area contributed by atoms with Crippen LogP contribution in [0.25, 0.3) is 0 Å². The molecule has 0 saturated carbocycles. The lowest BCUT2D eigenvalue weighted by Gasteiger charge is -2.37. The molecule has 2 rings (SSSR count). The molecule has 0 atom stereocenters. The van der Waals surface area contributed by atoms with Crippen molar-refractivity contribution in [1.82, 2.24) is 4.90 Å². The van der Waals surface area contributed by atoms with E-state index in [9.17, 15) is 9.18 Å². The number of thioether (sulfide) groups is 1. The third-order valence-electron chi connectivity index (χ3n) is 3.18. The number of halogens is 1. The van der Waals surface area contributed by atoms with E-state index in [1.165, 1.54) is 4.90 Å². The molecule has 19 heavy (non-hydrogen) atoms. The number of nitrogens with zero attached hydrogens (tertiary/aromatic N) is 1. The number of alkyl halides is 1. The Labute approximate surface area is 118 Å². The Balaban J connectivity index is 1.84. The Morgan fingerprint density at radius 3 is 2.53 bits per heavy atom. The monoisotopic (exact) mass is 281 g/mol. The van der Waals surface area contributed by atoms with Crippen molar-refractivity contribution in [1.29, 1.82) is 0 Å². The lowest BCUT2D eigenvalue weighted by atomic mass is 10.0. The maximum absolute atomic E-state index is 12.3. The molecule has 0 radical (unpaired) electrons. The van der Waals surface area contributed by atoms with Crippen LogP contribution in [0, 0.1) is 5.92 Å². The Kier molecular flexibility index (Phi) is 4.86. The molecule has 1 fully saturated rings. The van der Waals surface area contributed by atoms with Crippen LogP contribution in [0.4, 0.5) is 4.39 Å². The molecule has 1 aliphatic rings. The van der Waals surface area contributed by atoms with E-state index in [4.69, 9.17) is 0 Å². The van der Waals surface area contributed by atoms with Gasteiger partial charge in [0.2, 0.25) is 5.91 Å². The molecule has 0 N–H and O–H groups in total. The molecule has 2 nitrogen and oxygen atoms in total. The van der Waals surface area contributed by atoms with Crippen molar-refractivity contribution in [2.75, 3.05) is 19.8 Å². The minimum atomic E-state index is -0.315. The van der Waals surface area contributed by atoms with E-state index in [0.717, 1.165) is 5.56 Å². The highest BCUT2D eigenvalue weighted by Gasteiger charge is 2.30. The predicted octanol–water partition coefficient (Wildman–Crippen LogP) is 3.16. The van der Waals surface area contributed by atoms with Gasteiger partial charge in [0, 0.05) is 29.2 Å². The van der Waals surface area contributed by atoms with Crippen LogP contribution >= 0.6 is 11.8 Å². The van der Waals surface area contributed by atoms with Gasteiger partial charge in [-0.1, -0.05) is 26.0 Å². The van der Waals surface area contributed by atoms with Gasteiger partial charge in [0.1, 0.15) is 0 Å². The van der Waals surface area contributed by atoms with Gasteiger partial charge in [0.15, 0.2) is 0 Å². The summed E-state index contributed by atoms with van der Waals surface area (Å²) >= 11 is 1.81. The first-order chi connectivity index (χ1) is 9.08. The first-order valence-electron chi connectivity index (χ1n) is 6.68. The number of likely N-dealkylation sites (tertiary alicyclic amines) is 1. The number of hydrogen-bond donors (Lipinski definition) is 0. The molecule has 0 aliphatic carbocycles. The van der Waals surface area contributed by atoms with E-state index >= 15 is 0 Å². The molecular weight excluding hydrogens is 261 g/mol. The van der Waals surface area contributed by atoms with E-state index in [2.05, 4.69) is 26.0 Å². The zero-order valence-electron chi connectivity index (χ0n) is 11.4. The van der Waals surface area contributed by atoms with Crippen LogP contribution in [-0.2, 0) is 11.2 Å². The van der Waals surface area contributed by atoms with Gasteiger partial charge in [-0.3, -0.25) is 9.18 Å². The zero-order valence-corrected chi connectivity index (χ0v) is 12.3. The Hall–Kier alpha value is -1.03. The molecule has 1 aliphatic heterocycles. The van der Waals surface area contributed by atoms with Crippen molar-refractivity contribution < 1.29 is 9.18 Å². The fourth-order valence-electron chi connectivity index (χ4n) is 2.12. The van der Waals surface area contributed by atoms with Gasteiger partial charge in [0.25, 0.3) is 0 Å². The number of rotatable bonds is 5. The van der Waals surface area contributed by atoms with Crippen molar-refractivity contribution in [2.45, 2.75) is 30.4 Å². The highest BCUT2D eigenvalue weighted by molar-refractivity contribution is 7.99. The van der Waals surface area contributed by atoms with Crippen molar-refractivity contribution in [3.63, 3.8) is 0 Å². The molecule has 0 spiro atoms. The van der Waals surface area contributed by atoms with E-state index in [1.807, 2.05) is 23.9 Å². The fourth-order valence-corrected chi connectivity index (χ4v) is 2.95. The normalized spacial score (nSPS) is 15.7. The molecule has 0 unspecified atom stereocenters. The quantitative estimate of drug-likeness (QED) is 0.773. The van der Waals surface area contributed by atoms with Gasteiger partial charge in [0.05, 0.1) is 13.1 Å². The lowest BCUT2D eigenvalue weighted by molar-refractivity contribution is -0.137. The standard InChI is InChI=1S/C15H20FNOS/c1-11(2)19-14-5-3-12(4-6-14)7-15(18)17-9-13(8-16)10-17/h3-6,11,13H,7-10H2,1-2H3. The summed E-state index contributed by atoms with van der Waals surface area (Å²) in [6.07, 6.45) is 0.422. The summed E-state index contributed by atoms with van der Waals surface area (Å²) < 4.78 is 12.3. The maximum Gasteiger partial charge on any atom is 0.227 e. The first kappa shape index (κ1) is 14.4. The van der Waals surface area contributed by atoms with Gasteiger partial charge in [-0.2, -0.15) is 0 Å². The van der Waals surface area contributed by atoms with E-state index < -0.39 is 0 Å². The highest BCUT2D eigenvalue weighted by Crippen LogP contribution is 2.23. The number of amides is 1. The van der Waals surface area contributed by atoms with Gasteiger partial charge >= 0.3 is 0 Å². The molecule has 1 amide bonds. The molecule has 1 heterocycles. The fraction of sp³-hybridized carbons (Fsp3) is 0.533. The van der Waals surface area contributed by atoms with Crippen molar-refractivity contribution in [3.8, 4) is 0 Å². The minimum Gasteiger partial charge on any atom is -0.342 e. The number of hydrogen-bond acceptors (Lipinski definition) is 2. The molecule has 0 aromatic heterocycles. The van der Waals surface area contributed by atoms with Crippen LogP contribution in [0.15, 0.2) is 29.2 Å². The van der Waals surface area contributed by atoms with Gasteiger partial charge in [-0.25, -0.2) is 0 Å². The third-order valence-corrected chi connectivity index (χ3v) is 4.19. The summed E-state index contributed by atoms with van der Waals surface area (Å²) in [6.45, 7) is 5.17. The highest BCUT2D eigenvalue weighted by atomic mass is 32.2. The van der Waals surface area contributed by atoms with E-state index in [1.54, 1.807) is 4.90 Å². The number of benzene rings is 1. The average Bonchev–Trinajstić information content (AvgIpc) is 2.29. The Morgan fingerprint density at radius 1 is 1.37 bits per heavy atom. The van der Waals surface area contributed by atoms with Gasteiger partial charge < -0.3 is 4.90 Å². The molecule has 0 bridgehead atoms. The van der Waals surface area contributed by atoms with Crippen molar-refractivity contribution >= 4 is 17.7 Å². The second-order valence-corrected chi connectivity index (χ2v) is 6.96. The molecule has 4 heteroatoms. The molecule has 1 aromatic rings. The van der Waals surface area contributed by atoms with E-state index in [-0.39, 0.29) is 18.5 Å². The number of carbonyl (C=O) groups is 1. The van der Waals surface area contributed by atoms with Crippen LogP contribution in [0.5, 0.6) is 0 Å². The summed E-state index contributed by atoms with van der Waals surface area (Å²) in [5, 5.41) is 0.561. The molecule has 1 aromatic carbocycles. The second kappa shape index (κ2) is 6.42. The van der Waals surface area contributed by atoms with Gasteiger partial charge in [-0.05, 0) is 17.7 Å². The topological polar surface area (TPSA) is 20.3 Å². The summed E-state index contributed by atoms with van der Waals surface area (Å²) in [7, 11) is 0. The van der Waals surface area contributed by atoms with E-state index in [0.29, 0.717) is 24.8 Å². The summed E-state index contributed by atoms with van der Waals surface area (Å²) in [4.78, 5) is 14.9. The second-order valence-electron chi connectivity index (χ2n) is 5.31. The van der Waals surface area contributed by atoms with Crippen LogP contribution in [0.1, 0.15) is 19.4 Å². The largest absolute Gasteiger partial charge is 0.342 e. The first-order valence-corrected chi connectivity index (χ1v) is 7.55. The molecule has 1 saturated heterocycles. The van der Waals surface area contributed by atoms with Crippen molar-refractivity contribution in [2.24, 2.45) is 5.92 Å². The van der Waals surface area contributed by atoms with Crippen molar-refractivity contribution in [3.05, 3.63) is 29.8 Å². The minimum absolute atomic E-state index is 0.0637. The average molecular weight is 281 g/mol. The zero-order chi connectivity index (χ0) is 13.8. The number of carbonyl (C=O) groups excluding carboxylic acids is 1. The van der Waals surface area contributed by atoms with Crippen LogP contribution < -0.4 is 0 Å². The van der Waals surface area contributed by atoms with Crippen LogP contribution in [0.3, 0.4) is 0 Å². The van der Waals surface area contributed by atoms with Crippen LogP contribution in [-0.4, -0.2) is 35.8 Å². The molecular formula is C15H20FNOS. The molecule has 104 valence electrons. The smallest absolute Gasteiger partial charge is 0.227 e. The van der Waals surface area contributed by atoms with Gasteiger partial charge in [-0.15, -0.1) is 11.8 Å². The lowest BCUT2D eigenvalue weighted by Crippen LogP contribution is -2.51. The maximum atomic E-state index is 12.3. The SMILES string of the molecule is CC(C)Sc1ccc(CC(=O)N2CC(CF)C2)cc1. The summed E-state index contributed by atoms with van der Waals surface area (Å²) in [5.41, 5.74) is 1.03. The van der Waals surface area contributed by atoms with Crippen LogP contribution in [0.2, 0.25) is 0 Å². The Morgan fingerprint density at radius 2 is 2.00 bits per heavy atom. The summed E-state index contributed by atoms with van der Waals surface area (Å²) in [5.74, 6) is 0.169. The summed E-state index contributed by atoms with van der Waals surface area (Å²) in [6, 6.07) is 8.14. The third kappa shape index (κ3) is 3.96. The Bertz CT molecular complexity index is 426. The predicted molar refractivity (Wildman–Crippen MR) is 77.2 cm³/mol.